The molecule has 0 unspecified atom stereocenters. The molecule has 0 atom stereocenters. The Morgan fingerprint density at radius 3 is 2.65 bits per heavy atom. The molecular formula is C16H15BrN2O4. The van der Waals surface area contributed by atoms with Gasteiger partial charge in [-0.1, -0.05) is 0 Å². The number of rotatable bonds is 5. The lowest BCUT2D eigenvalue weighted by Gasteiger charge is -2.08. The second-order valence-electron chi connectivity index (χ2n) is 4.53. The van der Waals surface area contributed by atoms with E-state index in [-0.39, 0.29) is 11.5 Å². The Balaban J connectivity index is 2.08. The Morgan fingerprint density at radius 2 is 2.00 bits per heavy atom. The number of phenols is 2. The summed E-state index contributed by atoms with van der Waals surface area (Å²) in [7, 11) is 0. The molecule has 7 heteroatoms. The Morgan fingerprint density at radius 1 is 1.30 bits per heavy atom. The molecule has 0 aliphatic heterocycles. The van der Waals surface area contributed by atoms with E-state index in [1.165, 1.54) is 30.5 Å². The summed E-state index contributed by atoms with van der Waals surface area (Å²) in [6, 6.07) is 9.08. The van der Waals surface area contributed by atoms with E-state index in [9.17, 15) is 15.0 Å². The number of benzene rings is 2. The van der Waals surface area contributed by atoms with Crippen molar-refractivity contribution in [3.05, 3.63) is 52.0 Å². The van der Waals surface area contributed by atoms with E-state index in [1.54, 1.807) is 12.1 Å². The van der Waals surface area contributed by atoms with Crippen LogP contribution in [-0.2, 0) is 0 Å². The number of nitrogens with zero attached hydrogens (tertiary/aromatic N) is 1. The van der Waals surface area contributed by atoms with Gasteiger partial charge in [0.1, 0.15) is 5.75 Å². The summed E-state index contributed by atoms with van der Waals surface area (Å²) in [6.45, 7) is 2.23. The van der Waals surface area contributed by atoms with Gasteiger partial charge < -0.3 is 14.9 Å². The fraction of sp³-hybridized carbons (Fsp3) is 0.125. The third kappa shape index (κ3) is 4.46. The maximum Gasteiger partial charge on any atom is 0.271 e. The van der Waals surface area contributed by atoms with E-state index >= 15 is 0 Å². The molecule has 0 saturated heterocycles. The van der Waals surface area contributed by atoms with Crippen molar-refractivity contribution in [3.8, 4) is 17.2 Å². The fourth-order valence-corrected chi connectivity index (χ4v) is 2.24. The number of ether oxygens (including phenoxy) is 1. The number of hydrogen-bond acceptors (Lipinski definition) is 5. The van der Waals surface area contributed by atoms with E-state index in [0.29, 0.717) is 28.0 Å². The molecule has 2 aromatic carbocycles. The molecule has 120 valence electrons. The van der Waals surface area contributed by atoms with Crippen LogP contribution >= 0.6 is 15.9 Å². The fourth-order valence-electron chi connectivity index (χ4n) is 1.78. The maximum absolute atomic E-state index is 11.9. The minimum Gasteiger partial charge on any atom is -0.508 e. The van der Waals surface area contributed by atoms with Crippen LogP contribution in [0, 0.1) is 0 Å². The molecule has 0 aromatic heterocycles. The third-order valence-corrected chi connectivity index (χ3v) is 3.46. The van der Waals surface area contributed by atoms with Gasteiger partial charge in [0.15, 0.2) is 11.5 Å². The first-order valence-corrected chi connectivity index (χ1v) is 7.58. The van der Waals surface area contributed by atoms with Crippen LogP contribution < -0.4 is 10.2 Å². The van der Waals surface area contributed by atoms with Crippen molar-refractivity contribution >= 4 is 28.1 Å². The molecule has 6 nitrogen and oxygen atoms in total. The van der Waals surface area contributed by atoms with Gasteiger partial charge in [-0.25, -0.2) is 5.43 Å². The molecule has 0 spiro atoms. The van der Waals surface area contributed by atoms with Crippen LogP contribution in [0.4, 0.5) is 0 Å². The summed E-state index contributed by atoms with van der Waals surface area (Å²) in [5, 5.41) is 22.9. The van der Waals surface area contributed by atoms with E-state index in [4.69, 9.17) is 4.74 Å². The first kappa shape index (κ1) is 16.8. The topological polar surface area (TPSA) is 91.2 Å². The van der Waals surface area contributed by atoms with Crippen LogP contribution in [0.25, 0.3) is 0 Å². The molecule has 0 saturated carbocycles. The van der Waals surface area contributed by atoms with Gasteiger partial charge in [-0.15, -0.1) is 0 Å². The number of hydrogen-bond donors (Lipinski definition) is 3. The van der Waals surface area contributed by atoms with Crippen molar-refractivity contribution in [1.29, 1.82) is 0 Å². The molecular weight excluding hydrogens is 364 g/mol. The summed E-state index contributed by atoms with van der Waals surface area (Å²) in [5.74, 6) is 0.0249. The highest BCUT2D eigenvalue weighted by atomic mass is 79.9. The molecule has 0 radical (unpaired) electrons. The monoisotopic (exact) mass is 378 g/mol. The summed E-state index contributed by atoms with van der Waals surface area (Å²) in [5.41, 5.74) is 3.40. The van der Waals surface area contributed by atoms with Gasteiger partial charge in [0, 0.05) is 5.56 Å². The predicted octanol–water partition coefficient (Wildman–Crippen LogP) is 3.02. The second kappa shape index (κ2) is 7.64. The van der Waals surface area contributed by atoms with Gasteiger partial charge in [-0.2, -0.15) is 5.10 Å². The minimum atomic E-state index is -0.399. The zero-order chi connectivity index (χ0) is 16.8. The average molecular weight is 379 g/mol. The third-order valence-electron chi connectivity index (χ3n) is 2.86. The number of halogens is 1. The lowest BCUT2D eigenvalue weighted by atomic mass is 10.2. The number of phenolic OH excluding ortho intramolecular Hbond substituents is 2. The van der Waals surface area contributed by atoms with E-state index < -0.39 is 5.91 Å². The Bertz CT molecular complexity index is 730. The maximum atomic E-state index is 11.9. The van der Waals surface area contributed by atoms with Gasteiger partial charge in [0.05, 0.1) is 17.3 Å². The van der Waals surface area contributed by atoms with Crippen molar-refractivity contribution in [2.24, 2.45) is 5.10 Å². The molecule has 23 heavy (non-hydrogen) atoms. The van der Waals surface area contributed by atoms with Crippen molar-refractivity contribution in [2.45, 2.75) is 6.92 Å². The van der Waals surface area contributed by atoms with Gasteiger partial charge in [0.25, 0.3) is 5.91 Å². The number of hydrazone groups is 1. The molecule has 2 aromatic rings. The number of nitrogens with one attached hydrogen (secondary N) is 1. The van der Waals surface area contributed by atoms with Crippen molar-refractivity contribution in [3.63, 3.8) is 0 Å². The summed E-state index contributed by atoms with van der Waals surface area (Å²) >= 11 is 3.23. The molecule has 2 rings (SSSR count). The Labute approximate surface area is 141 Å². The zero-order valence-corrected chi connectivity index (χ0v) is 13.9. The van der Waals surface area contributed by atoms with Crippen molar-refractivity contribution in [1.82, 2.24) is 5.43 Å². The van der Waals surface area contributed by atoms with Crippen LogP contribution in [0.2, 0.25) is 0 Å². The SMILES string of the molecule is CCOc1cc(C=NNC(=O)c2ccc(O)cc2)cc(Br)c1O. The Hall–Kier alpha value is -2.54. The molecule has 0 heterocycles. The van der Waals surface area contributed by atoms with Gasteiger partial charge in [0.2, 0.25) is 0 Å². The molecule has 0 fully saturated rings. The lowest BCUT2D eigenvalue weighted by molar-refractivity contribution is 0.0955. The molecule has 0 aliphatic rings. The van der Waals surface area contributed by atoms with E-state index in [0.717, 1.165) is 0 Å². The highest BCUT2D eigenvalue weighted by molar-refractivity contribution is 9.10. The van der Waals surface area contributed by atoms with E-state index in [2.05, 4.69) is 26.5 Å². The van der Waals surface area contributed by atoms with E-state index in [1.807, 2.05) is 6.92 Å². The number of carbonyl (C=O) groups is 1. The van der Waals surface area contributed by atoms with Crippen LogP contribution in [0.3, 0.4) is 0 Å². The van der Waals surface area contributed by atoms with Gasteiger partial charge >= 0.3 is 0 Å². The average Bonchev–Trinajstić information content (AvgIpc) is 2.53. The first-order chi connectivity index (χ1) is 11.0. The normalized spacial score (nSPS) is 10.7. The predicted molar refractivity (Wildman–Crippen MR) is 90.1 cm³/mol. The van der Waals surface area contributed by atoms with Crippen LogP contribution in [0.1, 0.15) is 22.8 Å². The largest absolute Gasteiger partial charge is 0.508 e. The number of amides is 1. The highest BCUT2D eigenvalue weighted by Crippen LogP contribution is 2.34. The minimum absolute atomic E-state index is 0.0112. The molecule has 0 bridgehead atoms. The summed E-state index contributed by atoms with van der Waals surface area (Å²) < 4.78 is 5.78. The summed E-state index contributed by atoms with van der Waals surface area (Å²) in [4.78, 5) is 11.9. The molecule has 0 aliphatic carbocycles. The number of carbonyl (C=O) groups excluding carboxylic acids is 1. The first-order valence-electron chi connectivity index (χ1n) is 6.79. The number of aromatic hydroxyl groups is 2. The van der Waals surface area contributed by atoms with Crippen molar-refractivity contribution < 1.29 is 19.7 Å². The van der Waals surface area contributed by atoms with Crippen LogP contribution in [0.5, 0.6) is 17.2 Å². The molecule has 3 N–H and O–H groups in total. The Kier molecular flexibility index (Phi) is 5.59. The summed E-state index contributed by atoms with van der Waals surface area (Å²) in [6.07, 6.45) is 1.44. The van der Waals surface area contributed by atoms with Crippen LogP contribution in [0.15, 0.2) is 46.0 Å². The van der Waals surface area contributed by atoms with Crippen molar-refractivity contribution in [2.75, 3.05) is 6.61 Å². The zero-order valence-electron chi connectivity index (χ0n) is 12.3. The van der Waals surface area contributed by atoms with Crippen LogP contribution in [-0.4, -0.2) is 28.9 Å². The lowest BCUT2D eigenvalue weighted by Crippen LogP contribution is -2.17. The second-order valence-corrected chi connectivity index (χ2v) is 5.38. The smallest absolute Gasteiger partial charge is 0.271 e. The molecule has 1 amide bonds. The quantitative estimate of drug-likeness (QED) is 0.550. The standard InChI is InChI=1S/C16H15BrN2O4/c1-2-23-14-8-10(7-13(17)15(14)21)9-18-19-16(22)11-3-5-12(20)6-4-11/h3-9,20-21H,2H2,1H3,(H,19,22). The van der Waals surface area contributed by atoms with Gasteiger partial charge in [-0.3, -0.25) is 4.79 Å². The highest BCUT2D eigenvalue weighted by Gasteiger charge is 2.08. The van der Waals surface area contributed by atoms with Gasteiger partial charge in [-0.05, 0) is 64.8 Å².